The molecular formula is C6H8Cl2N4. The highest BCUT2D eigenvalue weighted by Crippen LogP contribution is 2.12. The largest absolute Gasteiger partial charge is 0.321 e. The van der Waals surface area contributed by atoms with Gasteiger partial charge in [-0.25, -0.2) is 9.97 Å². The van der Waals surface area contributed by atoms with Gasteiger partial charge in [0, 0.05) is 0 Å². The minimum Gasteiger partial charge on any atom is -0.321 e. The average Bonchev–Trinajstić information content (AvgIpc) is 2.01. The average molecular weight is 207 g/mol. The van der Waals surface area contributed by atoms with Crippen molar-refractivity contribution in [2.75, 3.05) is 0 Å². The Bertz CT molecular complexity index is 258. The second-order valence-electron chi connectivity index (χ2n) is 2.25. The van der Waals surface area contributed by atoms with E-state index in [9.17, 15) is 0 Å². The molecule has 1 heterocycles. The van der Waals surface area contributed by atoms with Gasteiger partial charge in [-0.3, -0.25) is 0 Å². The molecule has 1 atom stereocenters. The molecule has 1 unspecified atom stereocenters. The Labute approximate surface area is 80.1 Å². The zero-order valence-corrected chi connectivity index (χ0v) is 7.97. The van der Waals surface area contributed by atoms with Crippen LogP contribution in [0.2, 0.25) is 10.6 Å². The molecule has 1 rings (SSSR count). The maximum atomic E-state index is 5.66. The van der Waals surface area contributed by atoms with E-state index >= 15 is 0 Å². The Morgan fingerprint density at radius 1 is 1.25 bits per heavy atom. The van der Waals surface area contributed by atoms with E-state index in [0.717, 1.165) is 6.42 Å². The lowest BCUT2D eigenvalue weighted by Crippen LogP contribution is -2.13. The summed E-state index contributed by atoms with van der Waals surface area (Å²) in [5.74, 6) is 0.433. The highest BCUT2D eigenvalue weighted by Gasteiger charge is 2.09. The van der Waals surface area contributed by atoms with E-state index in [1.165, 1.54) is 0 Å². The van der Waals surface area contributed by atoms with E-state index in [4.69, 9.17) is 28.9 Å². The molecule has 6 heteroatoms. The van der Waals surface area contributed by atoms with Crippen LogP contribution in [-0.2, 0) is 0 Å². The number of rotatable bonds is 2. The standard InChI is InChI=1S/C6H8Cl2N4/c1-2-3(9)4-10-5(7)12-6(8)11-4/h3H,2,9H2,1H3. The quantitative estimate of drug-likeness (QED) is 0.799. The summed E-state index contributed by atoms with van der Waals surface area (Å²) in [5, 5.41) is 0.155. The molecule has 0 spiro atoms. The van der Waals surface area contributed by atoms with Gasteiger partial charge in [0.05, 0.1) is 6.04 Å². The molecule has 0 saturated carbocycles. The number of nitrogens with two attached hydrogens (primary N) is 1. The van der Waals surface area contributed by atoms with Crippen LogP contribution in [0.1, 0.15) is 25.2 Å². The Morgan fingerprint density at radius 3 is 2.17 bits per heavy atom. The molecule has 0 radical (unpaired) electrons. The lowest BCUT2D eigenvalue weighted by Gasteiger charge is -2.05. The van der Waals surface area contributed by atoms with Crippen molar-refractivity contribution in [2.24, 2.45) is 5.73 Å². The fraction of sp³-hybridized carbons (Fsp3) is 0.500. The summed E-state index contributed by atoms with van der Waals surface area (Å²) >= 11 is 11.1. The third-order valence-corrected chi connectivity index (χ3v) is 1.71. The summed E-state index contributed by atoms with van der Waals surface area (Å²) in [6.45, 7) is 1.93. The van der Waals surface area contributed by atoms with Crippen molar-refractivity contribution in [2.45, 2.75) is 19.4 Å². The molecule has 0 aliphatic carbocycles. The molecule has 0 amide bonds. The Balaban J connectivity index is 3.00. The number of nitrogens with zero attached hydrogens (tertiary/aromatic N) is 3. The van der Waals surface area contributed by atoms with E-state index in [1.807, 2.05) is 6.92 Å². The summed E-state index contributed by atoms with van der Waals surface area (Å²) in [6.07, 6.45) is 0.733. The van der Waals surface area contributed by atoms with Crippen LogP contribution in [0.5, 0.6) is 0 Å². The smallest absolute Gasteiger partial charge is 0.226 e. The molecule has 66 valence electrons. The number of halogens is 2. The van der Waals surface area contributed by atoms with E-state index in [-0.39, 0.29) is 16.6 Å². The van der Waals surface area contributed by atoms with Crippen LogP contribution in [0.15, 0.2) is 0 Å². The molecule has 0 aliphatic rings. The van der Waals surface area contributed by atoms with Crippen molar-refractivity contribution in [3.63, 3.8) is 0 Å². The van der Waals surface area contributed by atoms with Crippen molar-refractivity contribution in [3.05, 3.63) is 16.4 Å². The lowest BCUT2D eigenvalue weighted by atomic mass is 10.2. The molecule has 0 bridgehead atoms. The fourth-order valence-corrected chi connectivity index (χ4v) is 1.07. The third kappa shape index (κ3) is 2.27. The molecule has 0 aliphatic heterocycles. The molecular weight excluding hydrogens is 199 g/mol. The normalized spacial score (nSPS) is 13.0. The second kappa shape index (κ2) is 3.98. The van der Waals surface area contributed by atoms with Gasteiger partial charge in [-0.2, -0.15) is 4.98 Å². The molecule has 1 aromatic rings. The van der Waals surface area contributed by atoms with E-state index in [1.54, 1.807) is 0 Å². The van der Waals surface area contributed by atoms with Gasteiger partial charge in [0.25, 0.3) is 0 Å². The van der Waals surface area contributed by atoms with Gasteiger partial charge >= 0.3 is 0 Å². The van der Waals surface area contributed by atoms with E-state index in [2.05, 4.69) is 15.0 Å². The number of hydrogen-bond donors (Lipinski definition) is 1. The molecule has 4 nitrogen and oxygen atoms in total. The molecule has 0 saturated heterocycles. The minimum absolute atomic E-state index is 0.0777. The van der Waals surface area contributed by atoms with Gasteiger partial charge in [-0.15, -0.1) is 0 Å². The lowest BCUT2D eigenvalue weighted by molar-refractivity contribution is 0.643. The van der Waals surface area contributed by atoms with Crippen LogP contribution in [-0.4, -0.2) is 15.0 Å². The highest BCUT2D eigenvalue weighted by atomic mass is 35.5. The first-order valence-electron chi connectivity index (χ1n) is 3.46. The van der Waals surface area contributed by atoms with Gasteiger partial charge in [0.2, 0.25) is 10.6 Å². The van der Waals surface area contributed by atoms with Crippen LogP contribution >= 0.6 is 23.2 Å². The van der Waals surface area contributed by atoms with Crippen LogP contribution in [0.25, 0.3) is 0 Å². The SMILES string of the molecule is CCC(N)c1nc(Cl)nc(Cl)n1. The summed E-state index contributed by atoms with van der Waals surface area (Å²) in [6, 6.07) is -0.233. The van der Waals surface area contributed by atoms with Gasteiger partial charge in [-0.05, 0) is 29.6 Å². The van der Waals surface area contributed by atoms with E-state index in [0.29, 0.717) is 5.82 Å². The summed E-state index contributed by atoms with van der Waals surface area (Å²) < 4.78 is 0. The summed E-state index contributed by atoms with van der Waals surface area (Å²) in [4.78, 5) is 11.3. The number of hydrogen-bond acceptors (Lipinski definition) is 4. The molecule has 0 fully saturated rings. The van der Waals surface area contributed by atoms with Crippen LogP contribution in [0.3, 0.4) is 0 Å². The topological polar surface area (TPSA) is 64.7 Å². The first-order valence-corrected chi connectivity index (χ1v) is 4.21. The van der Waals surface area contributed by atoms with Crippen molar-refractivity contribution in [1.29, 1.82) is 0 Å². The predicted molar refractivity (Wildman–Crippen MR) is 47.1 cm³/mol. The first kappa shape index (κ1) is 9.64. The third-order valence-electron chi connectivity index (χ3n) is 1.37. The molecule has 1 aromatic heterocycles. The van der Waals surface area contributed by atoms with Crippen LogP contribution in [0, 0.1) is 0 Å². The molecule has 12 heavy (non-hydrogen) atoms. The minimum atomic E-state index is -0.233. The second-order valence-corrected chi connectivity index (χ2v) is 2.92. The van der Waals surface area contributed by atoms with Crippen molar-refractivity contribution in [3.8, 4) is 0 Å². The van der Waals surface area contributed by atoms with E-state index < -0.39 is 0 Å². The number of aromatic nitrogens is 3. The monoisotopic (exact) mass is 206 g/mol. The van der Waals surface area contributed by atoms with Crippen molar-refractivity contribution >= 4 is 23.2 Å². The van der Waals surface area contributed by atoms with Crippen LogP contribution in [0.4, 0.5) is 0 Å². The first-order chi connectivity index (χ1) is 5.63. The van der Waals surface area contributed by atoms with Gasteiger partial charge in [-0.1, -0.05) is 6.92 Å². The van der Waals surface area contributed by atoms with Crippen molar-refractivity contribution < 1.29 is 0 Å². The Kier molecular flexibility index (Phi) is 3.20. The Hall–Kier alpha value is -0.450. The zero-order chi connectivity index (χ0) is 9.14. The van der Waals surface area contributed by atoms with Gasteiger partial charge < -0.3 is 5.73 Å². The highest BCUT2D eigenvalue weighted by molar-refractivity contribution is 6.30. The molecule has 0 aromatic carbocycles. The maximum Gasteiger partial charge on any atom is 0.226 e. The fourth-order valence-electron chi connectivity index (χ4n) is 0.689. The molecule has 2 N–H and O–H groups in total. The van der Waals surface area contributed by atoms with Gasteiger partial charge in [0.15, 0.2) is 5.82 Å². The summed E-state index contributed by atoms with van der Waals surface area (Å²) in [5.41, 5.74) is 5.66. The zero-order valence-electron chi connectivity index (χ0n) is 6.46. The van der Waals surface area contributed by atoms with Crippen molar-refractivity contribution in [1.82, 2.24) is 15.0 Å². The van der Waals surface area contributed by atoms with Gasteiger partial charge in [0.1, 0.15) is 0 Å². The Morgan fingerprint density at radius 2 is 1.75 bits per heavy atom. The maximum absolute atomic E-state index is 5.66. The van der Waals surface area contributed by atoms with Crippen LogP contribution < -0.4 is 5.73 Å². The predicted octanol–water partition coefficient (Wildman–Crippen LogP) is 1.59. The summed E-state index contributed by atoms with van der Waals surface area (Å²) in [7, 11) is 0.